The molecule has 1 atom stereocenters. The van der Waals surface area contributed by atoms with Crippen molar-refractivity contribution in [2.75, 3.05) is 44.8 Å². The number of anilines is 1. The number of pyridine rings is 1. The Morgan fingerprint density at radius 3 is 2.72 bits per heavy atom. The highest BCUT2D eigenvalue weighted by atomic mass is 79.9. The first-order chi connectivity index (χ1) is 13.7. The second-order valence-electron chi connectivity index (χ2n) is 9.35. The molecule has 2 aliphatic heterocycles. The molecule has 1 aromatic rings. The van der Waals surface area contributed by atoms with Crippen LogP contribution in [0.2, 0.25) is 0 Å². The summed E-state index contributed by atoms with van der Waals surface area (Å²) in [6.07, 6.45) is 5.26. The van der Waals surface area contributed by atoms with E-state index in [1.54, 1.807) is 0 Å². The Morgan fingerprint density at radius 2 is 2.10 bits per heavy atom. The molecule has 6 nitrogen and oxygen atoms in total. The third-order valence-electron chi connectivity index (χ3n) is 6.05. The van der Waals surface area contributed by atoms with Crippen molar-refractivity contribution in [2.45, 2.75) is 58.1 Å². The van der Waals surface area contributed by atoms with Crippen LogP contribution < -0.4 is 4.90 Å². The van der Waals surface area contributed by atoms with E-state index in [1.165, 1.54) is 0 Å². The summed E-state index contributed by atoms with van der Waals surface area (Å²) in [5.41, 5.74) is -0.886. The minimum absolute atomic E-state index is 0.0613. The fourth-order valence-corrected chi connectivity index (χ4v) is 4.38. The molecule has 1 aromatic heterocycles. The lowest BCUT2D eigenvalue weighted by molar-refractivity contribution is -0.174. The first kappa shape index (κ1) is 22.5. The van der Waals surface area contributed by atoms with Crippen molar-refractivity contribution in [1.29, 1.82) is 0 Å². The van der Waals surface area contributed by atoms with Gasteiger partial charge in [0, 0.05) is 43.0 Å². The third-order valence-corrected chi connectivity index (χ3v) is 6.52. The average Bonchev–Trinajstić information content (AvgIpc) is 3.16. The number of hydrogen-bond donors (Lipinski definition) is 0. The van der Waals surface area contributed by atoms with Gasteiger partial charge in [0.15, 0.2) is 0 Å². The molecule has 2 fully saturated rings. The Bertz CT molecular complexity index is 684. The summed E-state index contributed by atoms with van der Waals surface area (Å²) in [4.78, 5) is 22.3. The van der Waals surface area contributed by atoms with E-state index in [0.29, 0.717) is 19.3 Å². The summed E-state index contributed by atoms with van der Waals surface area (Å²) >= 11 is 3.45. The topological polar surface area (TPSA) is 54.9 Å². The highest BCUT2D eigenvalue weighted by Gasteiger charge is 2.43. The van der Waals surface area contributed by atoms with Crippen LogP contribution in [0.15, 0.2) is 22.8 Å². The molecule has 0 aromatic carbocycles. The van der Waals surface area contributed by atoms with Gasteiger partial charge >= 0.3 is 5.97 Å². The second-order valence-corrected chi connectivity index (χ2v) is 10.3. The van der Waals surface area contributed by atoms with Gasteiger partial charge < -0.3 is 19.3 Å². The molecular formula is C22H34BrN3O3. The summed E-state index contributed by atoms with van der Waals surface area (Å²) in [7, 11) is 2.17. The number of likely N-dealkylation sites (N-methyl/N-ethyl adjacent to an activating group) is 1. The van der Waals surface area contributed by atoms with Crippen molar-refractivity contribution >= 4 is 27.7 Å². The van der Waals surface area contributed by atoms with Gasteiger partial charge in [-0.25, -0.2) is 4.98 Å². The fraction of sp³-hybridized carbons (Fsp3) is 0.727. The van der Waals surface area contributed by atoms with Crippen LogP contribution in [0.1, 0.15) is 46.5 Å². The van der Waals surface area contributed by atoms with Gasteiger partial charge in [0.2, 0.25) is 0 Å². The normalized spacial score (nSPS) is 22.1. The number of hydrogen-bond acceptors (Lipinski definition) is 6. The van der Waals surface area contributed by atoms with Crippen molar-refractivity contribution in [1.82, 2.24) is 9.88 Å². The number of aromatic nitrogens is 1. The van der Waals surface area contributed by atoms with Crippen LogP contribution in [0.3, 0.4) is 0 Å². The number of ether oxygens (including phenoxy) is 2. The molecule has 0 spiro atoms. The standard InChI is InChI=1S/C22H34BrN3O3/c1-21(2,3)29-20(27)22(9-13-28-14-10-22)8-12-25(4)18-7-11-26(16-18)19-6-5-17(23)15-24-19/h5-6,15,18H,7-14,16H2,1-4H3. The number of halogens is 1. The van der Waals surface area contributed by atoms with E-state index >= 15 is 0 Å². The molecule has 0 radical (unpaired) electrons. The Morgan fingerprint density at radius 1 is 1.38 bits per heavy atom. The number of carbonyl (C=O) groups is 1. The van der Waals surface area contributed by atoms with Gasteiger partial charge in [0.05, 0.1) is 5.41 Å². The number of carbonyl (C=O) groups excluding carboxylic acids is 1. The molecule has 2 aliphatic rings. The van der Waals surface area contributed by atoms with Crippen molar-refractivity contribution in [3.63, 3.8) is 0 Å². The summed E-state index contributed by atoms with van der Waals surface area (Å²) in [6.45, 7) is 9.94. The van der Waals surface area contributed by atoms with E-state index < -0.39 is 11.0 Å². The van der Waals surface area contributed by atoms with Gasteiger partial charge in [-0.3, -0.25) is 4.79 Å². The molecule has 1 unspecified atom stereocenters. The molecule has 29 heavy (non-hydrogen) atoms. The minimum Gasteiger partial charge on any atom is -0.460 e. The van der Waals surface area contributed by atoms with Gasteiger partial charge in [-0.05, 0) is 88.1 Å². The molecule has 2 saturated heterocycles. The van der Waals surface area contributed by atoms with E-state index in [1.807, 2.05) is 33.0 Å². The molecule has 162 valence electrons. The van der Waals surface area contributed by atoms with Crippen molar-refractivity contribution in [2.24, 2.45) is 5.41 Å². The smallest absolute Gasteiger partial charge is 0.312 e. The van der Waals surface area contributed by atoms with E-state index in [4.69, 9.17) is 9.47 Å². The number of rotatable bonds is 6. The van der Waals surface area contributed by atoms with Crippen molar-refractivity contribution in [3.05, 3.63) is 22.8 Å². The highest BCUT2D eigenvalue weighted by Crippen LogP contribution is 2.37. The first-order valence-corrected chi connectivity index (χ1v) is 11.4. The SMILES string of the molecule is CN(CCC1(C(=O)OC(C)(C)C)CCOCC1)C1CCN(c2ccc(Br)cn2)C1. The van der Waals surface area contributed by atoms with Crippen molar-refractivity contribution < 1.29 is 14.3 Å². The lowest BCUT2D eigenvalue weighted by atomic mass is 9.77. The Balaban J connectivity index is 1.58. The second kappa shape index (κ2) is 9.31. The quantitative estimate of drug-likeness (QED) is 0.591. The molecule has 0 N–H and O–H groups in total. The number of nitrogens with zero attached hydrogens (tertiary/aromatic N) is 3. The van der Waals surface area contributed by atoms with Crippen LogP contribution in [0.25, 0.3) is 0 Å². The Kier molecular flexibility index (Phi) is 7.23. The number of esters is 1. The molecule has 3 rings (SSSR count). The third kappa shape index (κ3) is 5.92. The fourth-order valence-electron chi connectivity index (χ4n) is 4.14. The van der Waals surface area contributed by atoms with Gasteiger partial charge in [0.25, 0.3) is 0 Å². The maximum Gasteiger partial charge on any atom is 0.312 e. The monoisotopic (exact) mass is 467 g/mol. The molecule has 3 heterocycles. The molecule has 0 bridgehead atoms. The maximum atomic E-state index is 13.0. The predicted octanol–water partition coefficient (Wildman–Crippen LogP) is 3.88. The summed E-state index contributed by atoms with van der Waals surface area (Å²) in [6, 6.07) is 4.57. The van der Waals surface area contributed by atoms with E-state index in [-0.39, 0.29) is 5.97 Å². The predicted molar refractivity (Wildman–Crippen MR) is 118 cm³/mol. The van der Waals surface area contributed by atoms with Gasteiger partial charge in [-0.1, -0.05) is 0 Å². The maximum absolute atomic E-state index is 13.0. The average molecular weight is 468 g/mol. The van der Waals surface area contributed by atoms with E-state index in [2.05, 4.69) is 43.8 Å². The summed E-state index contributed by atoms with van der Waals surface area (Å²) in [5.74, 6) is 0.965. The van der Waals surface area contributed by atoms with Gasteiger partial charge in [-0.15, -0.1) is 0 Å². The van der Waals surface area contributed by atoms with E-state index in [9.17, 15) is 4.79 Å². The zero-order valence-electron chi connectivity index (χ0n) is 18.1. The molecule has 0 amide bonds. The first-order valence-electron chi connectivity index (χ1n) is 10.6. The van der Waals surface area contributed by atoms with Crippen molar-refractivity contribution in [3.8, 4) is 0 Å². The largest absolute Gasteiger partial charge is 0.460 e. The molecular weight excluding hydrogens is 434 g/mol. The van der Waals surface area contributed by atoms with Crippen LogP contribution in [-0.4, -0.2) is 67.4 Å². The Hall–Kier alpha value is -1.18. The zero-order valence-corrected chi connectivity index (χ0v) is 19.7. The van der Waals surface area contributed by atoms with Crippen LogP contribution in [0.4, 0.5) is 5.82 Å². The van der Waals surface area contributed by atoms with Crippen LogP contribution in [0, 0.1) is 5.41 Å². The lowest BCUT2D eigenvalue weighted by Crippen LogP contribution is -2.45. The molecule has 0 aliphatic carbocycles. The minimum atomic E-state index is -0.460. The van der Waals surface area contributed by atoms with Crippen LogP contribution >= 0.6 is 15.9 Å². The molecule has 0 saturated carbocycles. The Labute approximate surface area is 183 Å². The zero-order chi connectivity index (χ0) is 21.1. The highest BCUT2D eigenvalue weighted by molar-refractivity contribution is 9.10. The van der Waals surface area contributed by atoms with Gasteiger partial charge in [0.1, 0.15) is 11.4 Å². The summed E-state index contributed by atoms with van der Waals surface area (Å²) in [5, 5.41) is 0. The summed E-state index contributed by atoms with van der Waals surface area (Å²) < 4.78 is 12.3. The van der Waals surface area contributed by atoms with E-state index in [0.717, 1.165) is 55.6 Å². The molecule has 7 heteroatoms. The van der Waals surface area contributed by atoms with Gasteiger partial charge in [-0.2, -0.15) is 0 Å². The lowest BCUT2D eigenvalue weighted by Gasteiger charge is -2.38. The van der Waals surface area contributed by atoms with Crippen LogP contribution in [0.5, 0.6) is 0 Å². The van der Waals surface area contributed by atoms with Crippen LogP contribution in [-0.2, 0) is 14.3 Å².